The van der Waals surface area contributed by atoms with Crippen molar-refractivity contribution in [2.24, 2.45) is 0 Å². The summed E-state index contributed by atoms with van der Waals surface area (Å²) < 4.78 is 10.8. The SMILES string of the molecule is Cc1cccc(C(=O)NCCS(C)=O)c1O. The predicted molar refractivity (Wildman–Crippen MR) is 64.1 cm³/mol. The van der Waals surface area contributed by atoms with Crippen molar-refractivity contribution in [3.63, 3.8) is 0 Å². The first-order valence-corrected chi connectivity index (χ1v) is 6.62. The maximum atomic E-state index is 11.6. The molecular formula is C11H15NO3S. The normalized spacial score (nSPS) is 12.1. The number of nitrogens with one attached hydrogen (secondary N) is 1. The monoisotopic (exact) mass is 241 g/mol. The number of phenols is 1. The topological polar surface area (TPSA) is 66.4 Å². The summed E-state index contributed by atoms with van der Waals surface area (Å²) in [5.41, 5.74) is 0.911. The molecule has 0 aliphatic heterocycles. The van der Waals surface area contributed by atoms with Gasteiger partial charge in [-0.1, -0.05) is 12.1 Å². The van der Waals surface area contributed by atoms with Gasteiger partial charge in [-0.3, -0.25) is 9.00 Å². The van der Waals surface area contributed by atoms with E-state index in [-0.39, 0.29) is 17.2 Å². The molecule has 1 rings (SSSR count). The van der Waals surface area contributed by atoms with Crippen molar-refractivity contribution in [3.05, 3.63) is 29.3 Å². The van der Waals surface area contributed by atoms with Gasteiger partial charge in [-0.05, 0) is 18.6 Å². The molecule has 4 nitrogen and oxygen atoms in total. The molecule has 1 atom stereocenters. The van der Waals surface area contributed by atoms with Gasteiger partial charge in [0.25, 0.3) is 5.91 Å². The zero-order chi connectivity index (χ0) is 12.1. The average Bonchev–Trinajstić information content (AvgIpc) is 2.21. The van der Waals surface area contributed by atoms with E-state index < -0.39 is 10.8 Å². The summed E-state index contributed by atoms with van der Waals surface area (Å²) in [5.74, 6) is 0.0717. The van der Waals surface area contributed by atoms with Crippen molar-refractivity contribution in [2.45, 2.75) is 6.92 Å². The molecule has 0 aliphatic rings. The van der Waals surface area contributed by atoms with E-state index in [0.717, 1.165) is 0 Å². The summed E-state index contributed by atoms with van der Waals surface area (Å²) in [6, 6.07) is 5.00. The molecule has 0 aromatic heterocycles. The molecule has 1 amide bonds. The molecule has 0 saturated heterocycles. The Labute approximate surface area is 97.1 Å². The Morgan fingerprint density at radius 3 is 2.81 bits per heavy atom. The van der Waals surface area contributed by atoms with Crippen LogP contribution in [-0.2, 0) is 10.8 Å². The van der Waals surface area contributed by atoms with Crippen LogP contribution >= 0.6 is 0 Å². The van der Waals surface area contributed by atoms with Gasteiger partial charge in [0.15, 0.2) is 0 Å². The molecule has 0 spiro atoms. The van der Waals surface area contributed by atoms with Gasteiger partial charge < -0.3 is 10.4 Å². The van der Waals surface area contributed by atoms with Crippen LogP contribution in [0.5, 0.6) is 5.75 Å². The third-order valence-corrected chi connectivity index (χ3v) is 2.94. The molecule has 0 fully saturated rings. The molecule has 16 heavy (non-hydrogen) atoms. The summed E-state index contributed by atoms with van der Waals surface area (Å²) in [5, 5.41) is 12.3. The van der Waals surface area contributed by atoms with Crippen LogP contribution in [0.1, 0.15) is 15.9 Å². The quantitative estimate of drug-likeness (QED) is 0.819. The zero-order valence-corrected chi connectivity index (χ0v) is 10.1. The molecule has 0 heterocycles. The Morgan fingerprint density at radius 1 is 1.50 bits per heavy atom. The van der Waals surface area contributed by atoms with Crippen molar-refractivity contribution in [2.75, 3.05) is 18.6 Å². The first kappa shape index (κ1) is 12.7. The maximum Gasteiger partial charge on any atom is 0.255 e. The van der Waals surface area contributed by atoms with E-state index in [9.17, 15) is 14.1 Å². The van der Waals surface area contributed by atoms with E-state index in [1.807, 2.05) is 0 Å². The summed E-state index contributed by atoms with van der Waals surface area (Å²) in [6.07, 6.45) is 1.58. The average molecular weight is 241 g/mol. The Hall–Kier alpha value is -1.36. The first-order chi connectivity index (χ1) is 7.52. The highest BCUT2D eigenvalue weighted by Gasteiger charge is 2.11. The number of phenolic OH excluding ortho intramolecular Hbond substituents is 1. The fourth-order valence-corrected chi connectivity index (χ4v) is 1.64. The maximum absolute atomic E-state index is 11.6. The van der Waals surface area contributed by atoms with Crippen molar-refractivity contribution >= 4 is 16.7 Å². The molecular weight excluding hydrogens is 226 g/mol. The highest BCUT2D eigenvalue weighted by Crippen LogP contribution is 2.20. The van der Waals surface area contributed by atoms with E-state index in [2.05, 4.69) is 5.32 Å². The second kappa shape index (κ2) is 5.65. The Balaban J connectivity index is 2.66. The van der Waals surface area contributed by atoms with Crippen LogP contribution in [0.2, 0.25) is 0 Å². The molecule has 1 aromatic rings. The molecule has 1 unspecified atom stereocenters. The lowest BCUT2D eigenvalue weighted by molar-refractivity contribution is 0.0953. The summed E-state index contributed by atoms with van der Waals surface area (Å²) >= 11 is 0. The Bertz CT molecular complexity index is 418. The Kier molecular flexibility index (Phi) is 4.49. The fourth-order valence-electron chi connectivity index (χ4n) is 1.25. The van der Waals surface area contributed by atoms with Gasteiger partial charge in [-0.15, -0.1) is 0 Å². The lowest BCUT2D eigenvalue weighted by atomic mass is 10.1. The van der Waals surface area contributed by atoms with Crippen LogP contribution in [0.15, 0.2) is 18.2 Å². The van der Waals surface area contributed by atoms with Crippen LogP contribution in [0.3, 0.4) is 0 Å². The molecule has 0 radical (unpaired) electrons. The number of hydrogen-bond donors (Lipinski definition) is 2. The van der Waals surface area contributed by atoms with Gasteiger partial charge in [0, 0.05) is 29.4 Å². The van der Waals surface area contributed by atoms with Gasteiger partial charge in [0.2, 0.25) is 0 Å². The number of aryl methyl sites for hydroxylation is 1. The number of carbonyl (C=O) groups is 1. The van der Waals surface area contributed by atoms with E-state index in [1.54, 1.807) is 31.4 Å². The van der Waals surface area contributed by atoms with E-state index >= 15 is 0 Å². The number of amides is 1. The van der Waals surface area contributed by atoms with Gasteiger partial charge in [0.1, 0.15) is 5.75 Å². The van der Waals surface area contributed by atoms with Gasteiger partial charge >= 0.3 is 0 Å². The number of para-hydroxylation sites is 1. The highest BCUT2D eigenvalue weighted by atomic mass is 32.2. The molecule has 2 N–H and O–H groups in total. The number of rotatable bonds is 4. The van der Waals surface area contributed by atoms with E-state index in [4.69, 9.17) is 0 Å². The Morgan fingerprint density at radius 2 is 2.19 bits per heavy atom. The number of benzene rings is 1. The van der Waals surface area contributed by atoms with E-state index in [0.29, 0.717) is 17.9 Å². The van der Waals surface area contributed by atoms with Crippen molar-refractivity contribution in [1.82, 2.24) is 5.32 Å². The first-order valence-electron chi connectivity index (χ1n) is 4.89. The minimum atomic E-state index is -0.925. The summed E-state index contributed by atoms with van der Waals surface area (Å²) in [6.45, 7) is 2.07. The smallest absolute Gasteiger partial charge is 0.255 e. The van der Waals surface area contributed by atoms with Crippen LogP contribution in [0, 0.1) is 6.92 Å². The minimum absolute atomic E-state index is 0.00220. The van der Waals surface area contributed by atoms with E-state index in [1.165, 1.54) is 0 Å². The molecule has 0 saturated carbocycles. The van der Waals surface area contributed by atoms with Gasteiger partial charge in [0.05, 0.1) is 5.56 Å². The van der Waals surface area contributed by atoms with Crippen molar-refractivity contribution in [3.8, 4) is 5.75 Å². The standard InChI is InChI=1S/C11H15NO3S/c1-8-4-3-5-9(10(8)13)11(14)12-6-7-16(2)15/h3-5,13H,6-7H2,1-2H3,(H,12,14). The fraction of sp³-hybridized carbons (Fsp3) is 0.364. The van der Waals surface area contributed by atoms with Crippen molar-refractivity contribution in [1.29, 1.82) is 0 Å². The van der Waals surface area contributed by atoms with Crippen LogP contribution in [-0.4, -0.2) is 33.8 Å². The highest BCUT2D eigenvalue weighted by molar-refractivity contribution is 7.84. The summed E-state index contributed by atoms with van der Waals surface area (Å²) in [4.78, 5) is 11.6. The van der Waals surface area contributed by atoms with Gasteiger partial charge in [-0.25, -0.2) is 0 Å². The molecule has 1 aromatic carbocycles. The third kappa shape index (κ3) is 3.34. The third-order valence-electron chi connectivity index (χ3n) is 2.16. The molecule has 88 valence electrons. The lowest BCUT2D eigenvalue weighted by Gasteiger charge is -2.07. The minimum Gasteiger partial charge on any atom is -0.507 e. The second-order valence-electron chi connectivity index (χ2n) is 3.50. The number of hydrogen-bond acceptors (Lipinski definition) is 3. The van der Waals surface area contributed by atoms with Crippen LogP contribution in [0.25, 0.3) is 0 Å². The van der Waals surface area contributed by atoms with Crippen molar-refractivity contribution < 1.29 is 14.1 Å². The van der Waals surface area contributed by atoms with Gasteiger partial charge in [-0.2, -0.15) is 0 Å². The molecule has 0 bridgehead atoms. The zero-order valence-electron chi connectivity index (χ0n) is 9.32. The summed E-state index contributed by atoms with van der Waals surface area (Å²) in [7, 11) is -0.925. The number of aromatic hydroxyl groups is 1. The number of carbonyl (C=O) groups excluding carboxylic acids is 1. The molecule has 5 heteroatoms. The lowest BCUT2D eigenvalue weighted by Crippen LogP contribution is -2.27. The van der Waals surface area contributed by atoms with Crippen LogP contribution in [0.4, 0.5) is 0 Å². The van der Waals surface area contributed by atoms with Crippen LogP contribution < -0.4 is 5.32 Å². The predicted octanol–water partition coefficient (Wildman–Crippen LogP) is 0.809. The largest absolute Gasteiger partial charge is 0.507 e. The molecule has 0 aliphatic carbocycles. The second-order valence-corrected chi connectivity index (χ2v) is 5.06.